The molecule has 1 N–H and O–H groups in total. The number of nitrogens with zero attached hydrogens (tertiary/aromatic N) is 2. The Bertz CT molecular complexity index is 1030. The van der Waals surface area contributed by atoms with E-state index in [-0.39, 0.29) is 11.5 Å². The number of amides is 1. The van der Waals surface area contributed by atoms with Crippen molar-refractivity contribution in [1.29, 1.82) is 0 Å². The molecule has 3 rings (SSSR count). The molecule has 2 aromatic heterocycles. The molecule has 5 heteroatoms. The number of rotatable bonds is 6. The highest BCUT2D eigenvalue weighted by atomic mass is 16.2. The van der Waals surface area contributed by atoms with Crippen molar-refractivity contribution in [1.82, 2.24) is 14.9 Å². The highest BCUT2D eigenvalue weighted by molar-refractivity contribution is 5.95. The van der Waals surface area contributed by atoms with Crippen LogP contribution >= 0.6 is 0 Å². The molecule has 3 aromatic rings. The molecule has 144 valence electrons. The average Bonchev–Trinajstić information content (AvgIpc) is 2.71. The molecule has 0 aliphatic rings. The first kappa shape index (κ1) is 19.5. The maximum absolute atomic E-state index is 13.1. The zero-order chi connectivity index (χ0) is 20.1. The van der Waals surface area contributed by atoms with Crippen LogP contribution in [-0.2, 0) is 6.54 Å². The van der Waals surface area contributed by atoms with Crippen molar-refractivity contribution >= 4 is 5.91 Å². The van der Waals surface area contributed by atoms with Gasteiger partial charge in [0.15, 0.2) is 0 Å². The van der Waals surface area contributed by atoms with Gasteiger partial charge < -0.3 is 9.88 Å². The molecule has 0 saturated carbocycles. The van der Waals surface area contributed by atoms with E-state index in [2.05, 4.69) is 16.9 Å². The topological polar surface area (TPSA) is 66.1 Å². The fourth-order valence-electron chi connectivity index (χ4n) is 3.18. The third-order valence-corrected chi connectivity index (χ3v) is 4.80. The first-order valence-electron chi connectivity index (χ1n) is 9.48. The van der Waals surface area contributed by atoms with Gasteiger partial charge in [0, 0.05) is 42.3 Å². The Morgan fingerprint density at radius 3 is 2.68 bits per heavy atom. The molecule has 1 amide bonds. The van der Waals surface area contributed by atoms with Crippen LogP contribution in [-0.4, -0.2) is 27.3 Å². The molecule has 1 aromatic carbocycles. The van der Waals surface area contributed by atoms with Crippen molar-refractivity contribution in [2.75, 3.05) is 6.54 Å². The van der Waals surface area contributed by atoms with Gasteiger partial charge in [0.1, 0.15) is 0 Å². The van der Waals surface area contributed by atoms with Crippen molar-refractivity contribution in [3.8, 4) is 11.1 Å². The number of hydrogen-bond donors (Lipinski definition) is 1. The molecule has 0 spiro atoms. The lowest BCUT2D eigenvalue weighted by Gasteiger charge is -2.22. The van der Waals surface area contributed by atoms with E-state index in [0.29, 0.717) is 24.2 Å². The van der Waals surface area contributed by atoms with E-state index in [1.807, 2.05) is 49.1 Å². The zero-order valence-corrected chi connectivity index (χ0v) is 16.5. The minimum atomic E-state index is -0.145. The summed E-state index contributed by atoms with van der Waals surface area (Å²) in [5, 5.41) is 0. The van der Waals surface area contributed by atoms with Gasteiger partial charge in [-0.15, -0.1) is 0 Å². The summed E-state index contributed by atoms with van der Waals surface area (Å²) in [6, 6.07) is 13.0. The normalized spacial score (nSPS) is 10.7. The van der Waals surface area contributed by atoms with Crippen LogP contribution in [0.3, 0.4) is 0 Å². The van der Waals surface area contributed by atoms with Crippen LogP contribution in [0.2, 0.25) is 0 Å². The SMILES string of the molecule is CCCN(Cc1cccnc1)C(=O)c1cccc(-c2cc(C)c(C)[nH]c2=O)c1. The summed E-state index contributed by atoms with van der Waals surface area (Å²) in [7, 11) is 0. The fraction of sp³-hybridized carbons (Fsp3) is 0.261. The molecular formula is C23H25N3O2. The summed E-state index contributed by atoms with van der Waals surface area (Å²) in [6.07, 6.45) is 4.36. The lowest BCUT2D eigenvalue weighted by Crippen LogP contribution is -2.31. The Morgan fingerprint density at radius 2 is 1.96 bits per heavy atom. The largest absolute Gasteiger partial charge is 0.334 e. The Kier molecular flexibility index (Phi) is 6.04. The Hall–Kier alpha value is -3.21. The molecule has 0 atom stereocenters. The third kappa shape index (κ3) is 4.36. The number of aromatic nitrogens is 2. The van der Waals surface area contributed by atoms with Crippen molar-refractivity contribution in [2.45, 2.75) is 33.7 Å². The van der Waals surface area contributed by atoms with Crippen LogP contribution in [0.4, 0.5) is 0 Å². The number of aryl methyl sites for hydroxylation is 2. The highest BCUT2D eigenvalue weighted by Crippen LogP contribution is 2.20. The third-order valence-electron chi connectivity index (χ3n) is 4.80. The monoisotopic (exact) mass is 375 g/mol. The molecule has 2 heterocycles. The van der Waals surface area contributed by atoms with Crippen LogP contribution in [0.1, 0.15) is 40.5 Å². The summed E-state index contributed by atoms with van der Waals surface area (Å²) < 4.78 is 0. The number of nitrogens with one attached hydrogen (secondary N) is 1. The predicted octanol–water partition coefficient (Wildman–Crippen LogP) is 4.11. The van der Waals surface area contributed by atoms with Crippen molar-refractivity contribution in [2.24, 2.45) is 0 Å². The second-order valence-electron chi connectivity index (χ2n) is 6.99. The van der Waals surface area contributed by atoms with E-state index in [0.717, 1.165) is 28.8 Å². The van der Waals surface area contributed by atoms with Crippen molar-refractivity contribution < 1.29 is 4.79 Å². The minimum Gasteiger partial charge on any atom is -0.334 e. The van der Waals surface area contributed by atoms with Crippen molar-refractivity contribution in [3.63, 3.8) is 0 Å². The summed E-state index contributed by atoms with van der Waals surface area (Å²) in [4.78, 5) is 34.4. The van der Waals surface area contributed by atoms with E-state index < -0.39 is 0 Å². The van der Waals surface area contributed by atoms with Gasteiger partial charge >= 0.3 is 0 Å². The Labute approximate surface area is 165 Å². The van der Waals surface area contributed by atoms with Gasteiger partial charge in [0.2, 0.25) is 0 Å². The molecular weight excluding hydrogens is 350 g/mol. The molecule has 5 nitrogen and oxygen atoms in total. The van der Waals surface area contributed by atoms with Crippen LogP contribution in [0.25, 0.3) is 11.1 Å². The maximum Gasteiger partial charge on any atom is 0.256 e. The van der Waals surface area contributed by atoms with E-state index in [1.165, 1.54) is 0 Å². The molecule has 28 heavy (non-hydrogen) atoms. The summed E-state index contributed by atoms with van der Waals surface area (Å²) >= 11 is 0. The zero-order valence-electron chi connectivity index (χ0n) is 16.5. The van der Waals surface area contributed by atoms with Gasteiger partial charge in [-0.05, 0) is 61.2 Å². The predicted molar refractivity (Wildman–Crippen MR) is 111 cm³/mol. The number of carbonyl (C=O) groups is 1. The molecule has 0 radical (unpaired) electrons. The molecule has 0 aliphatic heterocycles. The lowest BCUT2D eigenvalue weighted by molar-refractivity contribution is 0.0743. The van der Waals surface area contributed by atoms with Gasteiger partial charge in [0.25, 0.3) is 11.5 Å². The maximum atomic E-state index is 13.1. The van der Waals surface area contributed by atoms with E-state index in [1.54, 1.807) is 24.5 Å². The van der Waals surface area contributed by atoms with Gasteiger partial charge in [0.05, 0.1) is 0 Å². The molecule has 0 aliphatic carbocycles. The van der Waals surface area contributed by atoms with E-state index in [4.69, 9.17) is 0 Å². The second kappa shape index (κ2) is 8.65. The standard InChI is InChI=1S/C23H25N3O2/c1-4-11-26(15-18-7-6-10-24-14-18)23(28)20-9-5-8-19(13-20)21-12-16(2)17(3)25-22(21)27/h5-10,12-14H,4,11,15H2,1-3H3,(H,25,27). The number of pyridine rings is 2. The van der Waals surface area contributed by atoms with Crippen LogP contribution in [0.5, 0.6) is 0 Å². The molecule has 0 saturated heterocycles. The number of H-pyrrole nitrogens is 1. The first-order valence-corrected chi connectivity index (χ1v) is 9.48. The average molecular weight is 375 g/mol. The van der Waals surface area contributed by atoms with E-state index in [9.17, 15) is 9.59 Å². The molecule has 0 fully saturated rings. The van der Waals surface area contributed by atoms with Crippen LogP contribution in [0, 0.1) is 13.8 Å². The minimum absolute atomic E-state index is 0.0483. The second-order valence-corrected chi connectivity index (χ2v) is 6.99. The summed E-state index contributed by atoms with van der Waals surface area (Å²) in [6.45, 7) is 7.05. The van der Waals surface area contributed by atoms with Gasteiger partial charge in [-0.1, -0.05) is 25.1 Å². The number of benzene rings is 1. The Morgan fingerprint density at radius 1 is 1.14 bits per heavy atom. The smallest absolute Gasteiger partial charge is 0.256 e. The summed E-state index contributed by atoms with van der Waals surface area (Å²) in [5.74, 6) is -0.0483. The quantitative estimate of drug-likeness (QED) is 0.705. The number of carbonyl (C=O) groups excluding carboxylic acids is 1. The first-order chi connectivity index (χ1) is 13.5. The molecule has 0 unspecified atom stereocenters. The van der Waals surface area contributed by atoms with Gasteiger partial charge in [-0.3, -0.25) is 14.6 Å². The van der Waals surface area contributed by atoms with Gasteiger partial charge in [-0.25, -0.2) is 0 Å². The van der Waals surface area contributed by atoms with Crippen LogP contribution < -0.4 is 5.56 Å². The van der Waals surface area contributed by atoms with Gasteiger partial charge in [-0.2, -0.15) is 0 Å². The van der Waals surface area contributed by atoms with Crippen molar-refractivity contribution in [3.05, 3.63) is 87.6 Å². The Balaban J connectivity index is 1.92. The summed E-state index contributed by atoms with van der Waals surface area (Å²) in [5.41, 5.74) is 4.61. The lowest BCUT2D eigenvalue weighted by atomic mass is 10.0. The fourth-order valence-corrected chi connectivity index (χ4v) is 3.18. The number of hydrogen-bond acceptors (Lipinski definition) is 3. The van der Waals surface area contributed by atoms with Crippen LogP contribution in [0.15, 0.2) is 59.7 Å². The highest BCUT2D eigenvalue weighted by Gasteiger charge is 2.17. The number of aromatic amines is 1. The molecule has 0 bridgehead atoms. The van der Waals surface area contributed by atoms with E-state index >= 15 is 0 Å².